The van der Waals surface area contributed by atoms with E-state index in [-0.39, 0.29) is 18.5 Å². The van der Waals surface area contributed by atoms with Crippen LogP contribution in [0.5, 0.6) is 0 Å². The maximum Gasteiger partial charge on any atom is 0.410 e. The summed E-state index contributed by atoms with van der Waals surface area (Å²) in [4.78, 5) is 28.2. The summed E-state index contributed by atoms with van der Waals surface area (Å²) in [6.45, 7) is 6.95. The predicted molar refractivity (Wildman–Crippen MR) is 101 cm³/mol. The fourth-order valence-corrected chi connectivity index (χ4v) is 3.33. The second kappa shape index (κ2) is 6.67. The van der Waals surface area contributed by atoms with E-state index in [1.54, 1.807) is 23.9 Å². The third kappa shape index (κ3) is 3.54. The zero-order valence-corrected chi connectivity index (χ0v) is 16.2. The minimum Gasteiger partial charge on any atom is -0.444 e. The molecule has 0 aliphatic carbocycles. The van der Waals surface area contributed by atoms with Crippen LogP contribution in [0.1, 0.15) is 32.0 Å². The van der Waals surface area contributed by atoms with Gasteiger partial charge in [-0.1, -0.05) is 18.2 Å². The van der Waals surface area contributed by atoms with Gasteiger partial charge in [0.25, 0.3) is 0 Å². The molecule has 0 N–H and O–H groups in total. The smallest absolute Gasteiger partial charge is 0.410 e. The van der Waals surface area contributed by atoms with Crippen LogP contribution < -0.4 is 0 Å². The van der Waals surface area contributed by atoms with Crippen molar-refractivity contribution in [1.82, 2.24) is 14.4 Å². The van der Waals surface area contributed by atoms with Gasteiger partial charge in [-0.15, -0.1) is 0 Å². The minimum atomic E-state index is -0.523. The Morgan fingerprint density at radius 1 is 1.19 bits per heavy atom. The van der Waals surface area contributed by atoms with Crippen LogP contribution in [0.2, 0.25) is 0 Å². The van der Waals surface area contributed by atoms with Crippen molar-refractivity contribution in [1.29, 1.82) is 0 Å². The number of para-hydroxylation sites is 1. The molecule has 3 rings (SSSR count). The van der Waals surface area contributed by atoms with Crippen LogP contribution in [0.25, 0.3) is 10.9 Å². The lowest BCUT2D eigenvalue weighted by Crippen LogP contribution is -2.40. The second-order valence-electron chi connectivity index (χ2n) is 7.97. The number of ether oxygens (including phenoxy) is 1. The van der Waals surface area contributed by atoms with Crippen molar-refractivity contribution in [3.05, 3.63) is 35.5 Å². The first-order valence-electron chi connectivity index (χ1n) is 8.94. The maximum absolute atomic E-state index is 12.5. The molecular weight excluding hydrogens is 330 g/mol. The minimum absolute atomic E-state index is 0.0305. The van der Waals surface area contributed by atoms with Gasteiger partial charge in [0.05, 0.1) is 6.54 Å². The number of benzene rings is 1. The summed E-state index contributed by atoms with van der Waals surface area (Å²) in [5.41, 5.74) is 2.77. The molecule has 2 aromatic rings. The highest BCUT2D eigenvalue weighted by Gasteiger charge is 2.30. The van der Waals surface area contributed by atoms with E-state index < -0.39 is 5.60 Å². The van der Waals surface area contributed by atoms with Gasteiger partial charge in [0.15, 0.2) is 0 Å². The Bertz CT molecular complexity index is 846. The largest absolute Gasteiger partial charge is 0.444 e. The lowest BCUT2D eigenvalue weighted by atomic mass is 10.0. The summed E-state index contributed by atoms with van der Waals surface area (Å²) in [6.07, 6.45) is 0.456. The van der Waals surface area contributed by atoms with Crippen molar-refractivity contribution in [2.45, 2.75) is 45.9 Å². The Morgan fingerprint density at radius 3 is 2.54 bits per heavy atom. The molecule has 0 saturated heterocycles. The number of hydrogen-bond donors (Lipinski definition) is 0. The molecule has 2 heterocycles. The number of likely N-dealkylation sites (N-methyl/N-ethyl adjacent to an activating group) is 1. The van der Waals surface area contributed by atoms with Crippen molar-refractivity contribution < 1.29 is 14.3 Å². The molecule has 0 fully saturated rings. The molecule has 2 amide bonds. The first-order chi connectivity index (χ1) is 12.2. The Hall–Kier alpha value is -2.50. The van der Waals surface area contributed by atoms with Gasteiger partial charge >= 0.3 is 6.09 Å². The van der Waals surface area contributed by atoms with Gasteiger partial charge in [0.2, 0.25) is 5.91 Å². The van der Waals surface area contributed by atoms with Gasteiger partial charge in [-0.3, -0.25) is 4.79 Å². The highest BCUT2D eigenvalue weighted by molar-refractivity contribution is 5.88. The van der Waals surface area contributed by atoms with Gasteiger partial charge < -0.3 is 19.1 Å². The van der Waals surface area contributed by atoms with Gasteiger partial charge in [0, 0.05) is 37.2 Å². The van der Waals surface area contributed by atoms with Crippen molar-refractivity contribution in [3.63, 3.8) is 0 Å². The number of amides is 2. The van der Waals surface area contributed by atoms with E-state index in [4.69, 9.17) is 4.74 Å². The highest BCUT2D eigenvalue weighted by Crippen LogP contribution is 2.31. The van der Waals surface area contributed by atoms with E-state index in [1.807, 2.05) is 43.5 Å². The lowest BCUT2D eigenvalue weighted by Gasteiger charge is -2.31. The van der Waals surface area contributed by atoms with E-state index in [9.17, 15) is 9.59 Å². The molecule has 0 bridgehead atoms. The fourth-order valence-electron chi connectivity index (χ4n) is 3.33. The first kappa shape index (κ1) is 18.3. The molecule has 1 aliphatic heterocycles. The van der Waals surface area contributed by atoms with Gasteiger partial charge in [-0.2, -0.15) is 0 Å². The van der Waals surface area contributed by atoms with Crippen LogP contribution in [-0.2, 0) is 29.0 Å². The highest BCUT2D eigenvalue weighted by atomic mass is 16.6. The topological polar surface area (TPSA) is 54.8 Å². The SMILES string of the molecule is CN(C)C(=O)Cn1c2c(c3ccccc31)CCN(C(=O)OC(C)(C)C)C2. The number of carbonyl (C=O) groups is 2. The van der Waals surface area contributed by atoms with Crippen molar-refractivity contribution in [2.24, 2.45) is 0 Å². The number of nitrogens with zero attached hydrogens (tertiary/aromatic N) is 3. The van der Waals surface area contributed by atoms with Crippen LogP contribution in [0.4, 0.5) is 4.79 Å². The lowest BCUT2D eigenvalue weighted by molar-refractivity contribution is -0.129. The van der Waals surface area contributed by atoms with E-state index in [0.29, 0.717) is 13.1 Å². The first-order valence-corrected chi connectivity index (χ1v) is 8.94. The molecule has 1 aromatic carbocycles. The Labute approximate surface area is 154 Å². The van der Waals surface area contributed by atoms with E-state index in [1.165, 1.54) is 5.56 Å². The van der Waals surface area contributed by atoms with Gasteiger partial charge in [0.1, 0.15) is 12.1 Å². The summed E-state index contributed by atoms with van der Waals surface area (Å²) in [5, 5.41) is 1.16. The van der Waals surface area contributed by atoms with Gasteiger partial charge in [-0.05, 0) is 38.8 Å². The molecule has 0 atom stereocenters. The molecule has 140 valence electrons. The second-order valence-corrected chi connectivity index (χ2v) is 7.97. The van der Waals surface area contributed by atoms with Crippen LogP contribution in [0, 0.1) is 0 Å². The predicted octanol–water partition coefficient (Wildman–Crippen LogP) is 3.02. The number of hydrogen-bond acceptors (Lipinski definition) is 3. The number of aromatic nitrogens is 1. The summed E-state index contributed by atoms with van der Waals surface area (Å²) in [7, 11) is 3.51. The molecule has 0 saturated carbocycles. The average molecular weight is 357 g/mol. The van der Waals surface area contributed by atoms with E-state index >= 15 is 0 Å². The normalized spacial score (nSPS) is 14.3. The zero-order valence-electron chi connectivity index (χ0n) is 16.2. The van der Waals surface area contributed by atoms with Crippen LogP contribution in [0.15, 0.2) is 24.3 Å². The Kier molecular flexibility index (Phi) is 4.69. The third-order valence-electron chi connectivity index (χ3n) is 4.61. The zero-order chi connectivity index (χ0) is 19.1. The summed E-state index contributed by atoms with van der Waals surface area (Å²) >= 11 is 0. The van der Waals surface area contributed by atoms with Crippen LogP contribution in [0.3, 0.4) is 0 Å². The molecule has 26 heavy (non-hydrogen) atoms. The standard InChI is InChI=1S/C20H27N3O3/c1-20(2,3)26-19(25)22-11-10-15-14-8-6-7-9-16(14)23(17(15)12-22)13-18(24)21(4)5/h6-9H,10-13H2,1-5H3. The van der Waals surface area contributed by atoms with Crippen LogP contribution >= 0.6 is 0 Å². The third-order valence-corrected chi connectivity index (χ3v) is 4.61. The van der Waals surface area contributed by atoms with Gasteiger partial charge in [-0.25, -0.2) is 4.79 Å². The number of carbonyl (C=O) groups excluding carboxylic acids is 2. The summed E-state index contributed by atoms with van der Waals surface area (Å²) in [5.74, 6) is 0.0305. The maximum atomic E-state index is 12.5. The quantitative estimate of drug-likeness (QED) is 0.830. The molecule has 0 unspecified atom stereocenters. The Balaban J connectivity index is 1.98. The van der Waals surface area contributed by atoms with E-state index in [0.717, 1.165) is 23.0 Å². The Morgan fingerprint density at radius 2 is 1.88 bits per heavy atom. The molecule has 1 aliphatic rings. The van der Waals surface area contributed by atoms with Crippen molar-refractivity contribution >= 4 is 22.9 Å². The molecule has 6 nitrogen and oxygen atoms in total. The molecule has 0 spiro atoms. The van der Waals surface area contributed by atoms with Crippen LogP contribution in [-0.4, -0.2) is 52.6 Å². The number of rotatable bonds is 2. The van der Waals surface area contributed by atoms with E-state index in [2.05, 4.69) is 6.07 Å². The van der Waals surface area contributed by atoms with Crippen molar-refractivity contribution in [2.75, 3.05) is 20.6 Å². The number of fused-ring (bicyclic) bond motifs is 3. The summed E-state index contributed by atoms with van der Waals surface area (Å²) in [6, 6.07) is 8.12. The molecular formula is C20H27N3O3. The van der Waals surface area contributed by atoms with Crippen molar-refractivity contribution in [3.8, 4) is 0 Å². The molecule has 1 aromatic heterocycles. The fraction of sp³-hybridized carbons (Fsp3) is 0.500. The summed E-state index contributed by atoms with van der Waals surface area (Å²) < 4.78 is 7.57. The average Bonchev–Trinajstić information content (AvgIpc) is 2.87. The monoisotopic (exact) mass is 357 g/mol. The molecule has 0 radical (unpaired) electrons. The molecule has 6 heteroatoms.